The van der Waals surface area contributed by atoms with E-state index in [9.17, 15) is 0 Å². The van der Waals surface area contributed by atoms with Crippen LogP contribution in [0, 0.1) is 0 Å². The summed E-state index contributed by atoms with van der Waals surface area (Å²) in [6.07, 6.45) is 3.66. The molecule has 5 heteroatoms. The van der Waals surface area contributed by atoms with Gasteiger partial charge in [0.05, 0.1) is 0 Å². The van der Waals surface area contributed by atoms with Crippen molar-refractivity contribution in [2.24, 2.45) is 0 Å². The Morgan fingerprint density at radius 3 is 1.28 bits per heavy atom. The van der Waals surface area contributed by atoms with Crippen molar-refractivity contribution in [3.63, 3.8) is 0 Å². The zero-order chi connectivity index (χ0) is 30.7. The summed E-state index contributed by atoms with van der Waals surface area (Å²) in [4.78, 5) is 23.6. The third-order valence-corrected chi connectivity index (χ3v) is 8.00. The summed E-state index contributed by atoms with van der Waals surface area (Å²) in [7, 11) is 0. The molecule has 5 aromatic carbocycles. The van der Waals surface area contributed by atoms with Gasteiger partial charge in [-0.3, -0.25) is 0 Å². The van der Waals surface area contributed by atoms with Gasteiger partial charge in [-0.05, 0) is 64.2 Å². The van der Waals surface area contributed by atoms with Gasteiger partial charge >= 0.3 is 0 Å². The molecular weight excluding hydrogens is 562 g/mol. The molecule has 0 unspecified atom stereocenters. The molecule has 0 spiro atoms. The van der Waals surface area contributed by atoms with Gasteiger partial charge in [0.1, 0.15) is 0 Å². The van der Waals surface area contributed by atoms with Gasteiger partial charge in [-0.2, -0.15) is 0 Å². The lowest BCUT2D eigenvalue weighted by Gasteiger charge is -2.11. The summed E-state index contributed by atoms with van der Waals surface area (Å²) < 4.78 is 0. The van der Waals surface area contributed by atoms with E-state index < -0.39 is 0 Å². The van der Waals surface area contributed by atoms with Crippen LogP contribution in [-0.2, 0) is 0 Å². The average molecular weight is 590 g/mol. The third kappa shape index (κ3) is 5.53. The van der Waals surface area contributed by atoms with Crippen LogP contribution in [0.2, 0.25) is 0 Å². The first kappa shape index (κ1) is 27.2. The molecule has 0 aliphatic carbocycles. The second-order valence-electron chi connectivity index (χ2n) is 11.1. The molecule has 0 saturated heterocycles. The number of rotatable bonds is 6. The smallest absolute Gasteiger partial charge is 0.164 e. The molecule has 5 nitrogen and oxygen atoms in total. The van der Waals surface area contributed by atoms with Crippen LogP contribution < -0.4 is 0 Å². The minimum absolute atomic E-state index is 0.637. The maximum Gasteiger partial charge on any atom is 0.164 e. The van der Waals surface area contributed by atoms with Crippen LogP contribution in [-0.4, -0.2) is 24.9 Å². The van der Waals surface area contributed by atoms with E-state index in [4.69, 9.17) is 15.0 Å². The fourth-order valence-electron chi connectivity index (χ4n) is 5.66. The molecule has 46 heavy (non-hydrogen) atoms. The molecule has 0 N–H and O–H groups in total. The highest BCUT2D eigenvalue weighted by Gasteiger charge is 2.13. The number of nitrogens with zero attached hydrogens (tertiary/aromatic N) is 5. The Morgan fingerprint density at radius 1 is 0.304 bits per heavy atom. The van der Waals surface area contributed by atoms with Crippen molar-refractivity contribution in [1.82, 2.24) is 24.9 Å². The quantitative estimate of drug-likeness (QED) is 0.193. The van der Waals surface area contributed by atoms with E-state index in [2.05, 4.69) is 88.8 Å². The van der Waals surface area contributed by atoms with Crippen molar-refractivity contribution in [2.75, 3.05) is 0 Å². The number of hydrogen-bond donors (Lipinski definition) is 0. The van der Waals surface area contributed by atoms with Crippen LogP contribution in [0.25, 0.3) is 78.6 Å². The number of fused-ring (bicyclic) bond motifs is 1. The maximum atomic E-state index is 4.93. The second kappa shape index (κ2) is 12.0. The van der Waals surface area contributed by atoms with E-state index in [0.717, 1.165) is 61.1 Å². The molecule has 0 radical (unpaired) electrons. The van der Waals surface area contributed by atoms with Crippen molar-refractivity contribution in [1.29, 1.82) is 0 Å². The highest BCUT2D eigenvalue weighted by atomic mass is 15.0. The van der Waals surface area contributed by atoms with E-state index in [0.29, 0.717) is 17.5 Å². The fourth-order valence-corrected chi connectivity index (χ4v) is 5.66. The van der Waals surface area contributed by atoms with Gasteiger partial charge in [-0.1, -0.05) is 115 Å². The number of hydrogen-bond acceptors (Lipinski definition) is 5. The van der Waals surface area contributed by atoms with Crippen molar-refractivity contribution >= 4 is 11.0 Å². The molecule has 3 aromatic heterocycles. The van der Waals surface area contributed by atoms with Gasteiger partial charge < -0.3 is 0 Å². The number of benzene rings is 5. The summed E-state index contributed by atoms with van der Waals surface area (Å²) in [5.74, 6) is 1.93. The molecule has 0 fully saturated rings. The average Bonchev–Trinajstić information content (AvgIpc) is 3.15. The molecular formula is C41H27N5. The molecule has 8 rings (SSSR count). The molecule has 216 valence electrons. The van der Waals surface area contributed by atoms with Crippen molar-refractivity contribution in [3.8, 4) is 67.5 Å². The monoisotopic (exact) mass is 589 g/mol. The Bertz CT molecular complexity index is 2260. The van der Waals surface area contributed by atoms with E-state index in [-0.39, 0.29) is 0 Å². The maximum absolute atomic E-state index is 4.93. The Morgan fingerprint density at radius 2 is 0.739 bits per heavy atom. The predicted octanol–water partition coefficient (Wildman–Crippen LogP) is 9.82. The minimum atomic E-state index is 0.637. The zero-order valence-electron chi connectivity index (χ0n) is 24.8. The van der Waals surface area contributed by atoms with E-state index in [1.54, 1.807) is 6.20 Å². The lowest BCUT2D eigenvalue weighted by molar-refractivity contribution is 1.07. The first-order valence-electron chi connectivity index (χ1n) is 15.2. The topological polar surface area (TPSA) is 64.5 Å². The lowest BCUT2D eigenvalue weighted by Crippen LogP contribution is -2.00. The second-order valence-corrected chi connectivity index (χ2v) is 11.1. The SMILES string of the molecule is c1ccc(-c2nc(-c3ccccc3)nc(-c3cccc(-c4cccc(-c5cccc(-c6cnc7ncccc7c6)c5)c4)c3)n2)cc1. The Hall–Kier alpha value is -6.33. The van der Waals surface area contributed by atoms with E-state index >= 15 is 0 Å². The van der Waals surface area contributed by atoms with Crippen LogP contribution in [0.3, 0.4) is 0 Å². The lowest BCUT2D eigenvalue weighted by atomic mass is 9.96. The summed E-state index contributed by atoms with van der Waals surface area (Å²) in [6.45, 7) is 0. The van der Waals surface area contributed by atoms with Gasteiger partial charge in [-0.25, -0.2) is 24.9 Å². The normalized spacial score (nSPS) is 11.0. The molecule has 0 saturated carbocycles. The van der Waals surface area contributed by atoms with Crippen LogP contribution >= 0.6 is 0 Å². The first-order valence-corrected chi connectivity index (χ1v) is 15.2. The summed E-state index contributed by atoms with van der Waals surface area (Å²) in [6, 6.07) is 51.9. The Kier molecular flexibility index (Phi) is 7.09. The summed E-state index contributed by atoms with van der Waals surface area (Å²) in [5.41, 5.74) is 10.2. The standard InChI is InChI=1S/C41H27N5/c1-3-11-28(12-4-1)39-44-40(29-13-5-2-6-14-29)46-41(45-39)36-20-9-18-33(25-36)31-16-7-15-30(23-31)32-17-8-19-34(24-32)37-26-35-21-10-22-42-38(35)43-27-37/h1-27H. The predicted molar refractivity (Wildman–Crippen MR) is 186 cm³/mol. The number of pyridine rings is 2. The molecule has 8 aromatic rings. The highest BCUT2D eigenvalue weighted by molar-refractivity contribution is 5.83. The van der Waals surface area contributed by atoms with Gasteiger partial charge in [-0.15, -0.1) is 0 Å². The fraction of sp³-hybridized carbons (Fsp3) is 0. The van der Waals surface area contributed by atoms with Crippen LogP contribution in [0.15, 0.2) is 164 Å². The van der Waals surface area contributed by atoms with Crippen LogP contribution in [0.1, 0.15) is 0 Å². The molecule has 0 bridgehead atoms. The summed E-state index contributed by atoms with van der Waals surface area (Å²) in [5, 5.41) is 1.03. The van der Waals surface area contributed by atoms with Gasteiger partial charge in [0, 0.05) is 40.0 Å². The molecule has 0 aliphatic rings. The van der Waals surface area contributed by atoms with E-state index in [1.165, 1.54) is 0 Å². The Labute approximate surface area is 267 Å². The van der Waals surface area contributed by atoms with Gasteiger partial charge in [0.25, 0.3) is 0 Å². The molecule has 0 aliphatic heterocycles. The minimum Gasteiger partial charge on any atom is -0.237 e. The van der Waals surface area contributed by atoms with Gasteiger partial charge in [0.2, 0.25) is 0 Å². The van der Waals surface area contributed by atoms with Gasteiger partial charge in [0.15, 0.2) is 23.1 Å². The molecule has 0 amide bonds. The molecule has 3 heterocycles. The highest BCUT2D eigenvalue weighted by Crippen LogP contribution is 2.32. The van der Waals surface area contributed by atoms with Crippen LogP contribution in [0.4, 0.5) is 0 Å². The van der Waals surface area contributed by atoms with Crippen molar-refractivity contribution < 1.29 is 0 Å². The van der Waals surface area contributed by atoms with Crippen LogP contribution in [0.5, 0.6) is 0 Å². The van der Waals surface area contributed by atoms with Crippen molar-refractivity contribution in [3.05, 3.63) is 164 Å². The Balaban J connectivity index is 1.16. The first-order chi connectivity index (χ1) is 22.8. The summed E-state index contributed by atoms with van der Waals surface area (Å²) >= 11 is 0. The molecule has 0 atom stereocenters. The van der Waals surface area contributed by atoms with E-state index in [1.807, 2.05) is 79.0 Å². The number of aromatic nitrogens is 5. The zero-order valence-corrected chi connectivity index (χ0v) is 24.8. The third-order valence-electron chi connectivity index (χ3n) is 8.00. The largest absolute Gasteiger partial charge is 0.237 e. The van der Waals surface area contributed by atoms with Crippen molar-refractivity contribution in [2.45, 2.75) is 0 Å².